The summed E-state index contributed by atoms with van der Waals surface area (Å²) in [7, 11) is 0. The van der Waals surface area contributed by atoms with E-state index in [-0.39, 0.29) is 24.3 Å². The van der Waals surface area contributed by atoms with Gasteiger partial charge in [0.25, 0.3) is 0 Å². The summed E-state index contributed by atoms with van der Waals surface area (Å²) < 4.78 is 0. The van der Waals surface area contributed by atoms with Gasteiger partial charge in [0.1, 0.15) is 11.6 Å². The van der Waals surface area contributed by atoms with Gasteiger partial charge in [-0.05, 0) is 37.0 Å². The molecule has 0 bridgehead atoms. The zero-order chi connectivity index (χ0) is 21.0. The summed E-state index contributed by atoms with van der Waals surface area (Å²) in [6, 6.07) is 11.0. The highest BCUT2D eigenvalue weighted by atomic mass is 16.2. The molecule has 7 heteroatoms. The number of aryl methyl sites for hydroxylation is 1. The van der Waals surface area contributed by atoms with Crippen LogP contribution in [0.15, 0.2) is 42.6 Å². The minimum absolute atomic E-state index is 0.119. The summed E-state index contributed by atoms with van der Waals surface area (Å²) in [5, 5.41) is 2.60. The molecular formula is C22H26N4O3. The molecule has 2 heterocycles. The molecule has 152 valence electrons. The molecule has 0 radical (unpaired) electrons. The molecule has 3 N–H and O–H groups in total. The van der Waals surface area contributed by atoms with Crippen molar-refractivity contribution in [2.75, 3.05) is 17.6 Å². The van der Waals surface area contributed by atoms with E-state index in [4.69, 9.17) is 5.73 Å². The lowest BCUT2D eigenvalue weighted by atomic mass is 9.86. The van der Waals surface area contributed by atoms with Gasteiger partial charge in [-0.25, -0.2) is 4.98 Å². The first-order chi connectivity index (χ1) is 13.9. The summed E-state index contributed by atoms with van der Waals surface area (Å²) in [5.74, 6) is -1.15. The minimum Gasteiger partial charge on any atom is -0.383 e. The van der Waals surface area contributed by atoms with Gasteiger partial charge in [0.05, 0.1) is 17.9 Å². The molecule has 29 heavy (non-hydrogen) atoms. The SMILES string of the molecule is CCC(=O)[C@@H]1CC[C@@H](c2ccccc2)N(C(=O)C(=O)Nc2cnc(N)c(C)c2)C1. The van der Waals surface area contributed by atoms with Crippen LogP contribution < -0.4 is 11.1 Å². The van der Waals surface area contributed by atoms with Gasteiger partial charge >= 0.3 is 11.8 Å². The van der Waals surface area contributed by atoms with E-state index in [1.54, 1.807) is 13.0 Å². The molecule has 2 atom stereocenters. The first kappa shape index (κ1) is 20.5. The third kappa shape index (κ3) is 4.62. The molecular weight excluding hydrogens is 368 g/mol. The maximum absolute atomic E-state index is 13.1. The first-order valence-corrected chi connectivity index (χ1v) is 9.82. The average molecular weight is 394 g/mol. The molecule has 0 unspecified atom stereocenters. The second-order valence-electron chi connectivity index (χ2n) is 7.36. The number of amides is 2. The number of Topliss-reactive ketones (excluding diaryl/α,β-unsaturated/α-hetero) is 1. The fraction of sp³-hybridized carbons (Fsp3) is 0.364. The minimum atomic E-state index is -0.749. The van der Waals surface area contributed by atoms with E-state index in [0.29, 0.717) is 36.3 Å². The number of nitrogens with one attached hydrogen (secondary N) is 1. The normalized spacial score (nSPS) is 18.9. The number of carbonyl (C=O) groups excluding carboxylic acids is 3. The van der Waals surface area contributed by atoms with Crippen molar-refractivity contribution < 1.29 is 14.4 Å². The van der Waals surface area contributed by atoms with Crippen molar-refractivity contribution in [1.82, 2.24) is 9.88 Å². The van der Waals surface area contributed by atoms with Crippen LogP contribution in [0.1, 0.15) is 43.4 Å². The van der Waals surface area contributed by atoms with E-state index < -0.39 is 11.8 Å². The first-order valence-electron chi connectivity index (χ1n) is 9.82. The molecule has 0 saturated carbocycles. The van der Waals surface area contributed by atoms with E-state index in [1.165, 1.54) is 11.1 Å². The third-order valence-corrected chi connectivity index (χ3v) is 5.40. The smallest absolute Gasteiger partial charge is 0.313 e. The topological polar surface area (TPSA) is 105 Å². The van der Waals surface area contributed by atoms with Gasteiger partial charge in [0.2, 0.25) is 0 Å². The molecule has 1 saturated heterocycles. The van der Waals surface area contributed by atoms with Crippen molar-refractivity contribution in [3.63, 3.8) is 0 Å². The van der Waals surface area contributed by atoms with Crippen LogP contribution in [0.2, 0.25) is 0 Å². The molecule has 2 aromatic rings. The van der Waals surface area contributed by atoms with Gasteiger partial charge < -0.3 is 16.0 Å². The Balaban J connectivity index is 1.82. The number of anilines is 2. The number of aromatic nitrogens is 1. The van der Waals surface area contributed by atoms with Crippen LogP contribution >= 0.6 is 0 Å². The Morgan fingerprint density at radius 2 is 1.93 bits per heavy atom. The molecule has 1 aliphatic heterocycles. The van der Waals surface area contributed by atoms with Crippen LogP contribution in [-0.2, 0) is 14.4 Å². The van der Waals surface area contributed by atoms with Crippen molar-refractivity contribution in [1.29, 1.82) is 0 Å². The number of carbonyl (C=O) groups is 3. The van der Waals surface area contributed by atoms with Gasteiger partial charge in [0.15, 0.2) is 0 Å². The van der Waals surface area contributed by atoms with E-state index >= 15 is 0 Å². The number of ketones is 1. The predicted molar refractivity (Wildman–Crippen MR) is 111 cm³/mol. The lowest BCUT2D eigenvalue weighted by Crippen LogP contribution is -2.48. The number of benzene rings is 1. The van der Waals surface area contributed by atoms with Gasteiger partial charge in [-0.2, -0.15) is 0 Å². The third-order valence-electron chi connectivity index (χ3n) is 5.40. The summed E-state index contributed by atoms with van der Waals surface area (Å²) in [5.41, 5.74) is 7.78. The monoisotopic (exact) mass is 394 g/mol. The van der Waals surface area contributed by atoms with E-state index in [0.717, 1.165) is 5.56 Å². The Morgan fingerprint density at radius 1 is 1.21 bits per heavy atom. The van der Waals surface area contributed by atoms with Crippen molar-refractivity contribution >= 4 is 29.1 Å². The molecule has 7 nitrogen and oxygen atoms in total. The van der Waals surface area contributed by atoms with Crippen LogP contribution in [-0.4, -0.2) is 34.0 Å². The number of rotatable bonds is 4. The number of piperidine rings is 1. The lowest BCUT2D eigenvalue weighted by Gasteiger charge is -2.39. The summed E-state index contributed by atoms with van der Waals surface area (Å²) in [4.78, 5) is 43.5. The van der Waals surface area contributed by atoms with E-state index in [9.17, 15) is 14.4 Å². The van der Waals surface area contributed by atoms with Crippen molar-refractivity contribution in [3.8, 4) is 0 Å². The van der Waals surface area contributed by atoms with Crippen molar-refractivity contribution in [3.05, 3.63) is 53.7 Å². The maximum atomic E-state index is 13.1. The standard InChI is InChI=1S/C22H26N4O3/c1-3-19(27)16-9-10-18(15-7-5-4-6-8-15)26(13-16)22(29)21(28)25-17-11-14(2)20(23)24-12-17/h4-8,11-12,16,18H,3,9-10,13H2,1-2H3,(H2,23,24)(H,25,28)/t16-,18+/m1/s1. The fourth-order valence-corrected chi connectivity index (χ4v) is 3.74. The fourth-order valence-electron chi connectivity index (χ4n) is 3.74. The van der Waals surface area contributed by atoms with Gasteiger partial charge in [-0.3, -0.25) is 14.4 Å². The Labute approximate surface area is 170 Å². The van der Waals surface area contributed by atoms with Crippen LogP contribution in [0.5, 0.6) is 0 Å². The number of likely N-dealkylation sites (tertiary alicyclic amines) is 1. The molecule has 0 aliphatic carbocycles. The van der Waals surface area contributed by atoms with E-state index in [2.05, 4.69) is 10.3 Å². The molecule has 1 aliphatic rings. The highest BCUT2D eigenvalue weighted by Gasteiger charge is 2.37. The Bertz CT molecular complexity index is 914. The maximum Gasteiger partial charge on any atom is 0.313 e. The number of hydrogen-bond donors (Lipinski definition) is 2. The predicted octanol–water partition coefficient (Wildman–Crippen LogP) is 2.87. The summed E-state index contributed by atoms with van der Waals surface area (Å²) in [6.45, 7) is 3.84. The second-order valence-corrected chi connectivity index (χ2v) is 7.36. The molecule has 3 rings (SSSR count). The number of nitrogens with two attached hydrogens (primary N) is 1. The van der Waals surface area contributed by atoms with Gasteiger partial charge in [-0.15, -0.1) is 0 Å². The molecule has 1 aromatic heterocycles. The molecule has 2 amide bonds. The van der Waals surface area contributed by atoms with E-state index in [1.807, 2.05) is 37.3 Å². The van der Waals surface area contributed by atoms with Crippen LogP contribution in [0.25, 0.3) is 0 Å². The van der Waals surface area contributed by atoms with Gasteiger partial charge in [-0.1, -0.05) is 37.3 Å². The Morgan fingerprint density at radius 3 is 2.59 bits per heavy atom. The number of nitrogens with zero attached hydrogens (tertiary/aromatic N) is 2. The van der Waals surface area contributed by atoms with Crippen LogP contribution in [0.4, 0.5) is 11.5 Å². The lowest BCUT2D eigenvalue weighted by molar-refractivity contribution is -0.147. The highest BCUT2D eigenvalue weighted by molar-refractivity contribution is 6.39. The zero-order valence-corrected chi connectivity index (χ0v) is 16.7. The zero-order valence-electron chi connectivity index (χ0n) is 16.7. The largest absolute Gasteiger partial charge is 0.383 e. The number of nitrogen functional groups attached to an aromatic ring is 1. The number of hydrogen-bond acceptors (Lipinski definition) is 5. The number of pyridine rings is 1. The van der Waals surface area contributed by atoms with Crippen molar-refractivity contribution in [2.45, 2.75) is 39.2 Å². The van der Waals surface area contributed by atoms with Crippen LogP contribution in [0, 0.1) is 12.8 Å². The quantitative estimate of drug-likeness (QED) is 0.776. The molecule has 1 fully saturated rings. The Kier molecular flexibility index (Phi) is 6.26. The summed E-state index contributed by atoms with van der Waals surface area (Å²) in [6.07, 6.45) is 3.19. The highest BCUT2D eigenvalue weighted by Crippen LogP contribution is 2.34. The molecule has 1 aromatic carbocycles. The van der Waals surface area contributed by atoms with Gasteiger partial charge in [0, 0.05) is 18.9 Å². The summed E-state index contributed by atoms with van der Waals surface area (Å²) >= 11 is 0. The average Bonchev–Trinajstić information content (AvgIpc) is 2.75. The van der Waals surface area contributed by atoms with Crippen LogP contribution in [0.3, 0.4) is 0 Å². The Hall–Kier alpha value is -3.22. The second kappa shape index (κ2) is 8.86. The molecule has 0 spiro atoms. The van der Waals surface area contributed by atoms with Crippen molar-refractivity contribution in [2.24, 2.45) is 5.92 Å².